The minimum absolute atomic E-state index is 0.0157. The van der Waals surface area contributed by atoms with E-state index in [2.05, 4.69) is 15.0 Å². The highest BCUT2D eigenvalue weighted by atomic mass is 19.3. The number of hydrogen-bond donors (Lipinski definition) is 0. The summed E-state index contributed by atoms with van der Waals surface area (Å²) in [6.07, 6.45) is 6.70. The normalized spacial score (nSPS) is 24.0. The molecule has 1 amide bonds. The Balaban J connectivity index is 1.23. The number of aromatic nitrogens is 3. The third-order valence-corrected chi connectivity index (χ3v) is 9.52. The Morgan fingerprint density at radius 2 is 1.73 bits per heavy atom. The van der Waals surface area contributed by atoms with Crippen molar-refractivity contribution < 1.29 is 27.6 Å². The van der Waals surface area contributed by atoms with E-state index in [1.165, 1.54) is 0 Å². The van der Waals surface area contributed by atoms with Gasteiger partial charge in [0.05, 0.1) is 25.9 Å². The van der Waals surface area contributed by atoms with Crippen LogP contribution in [0.3, 0.4) is 0 Å². The molecular formula is C33H41F2N5O4. The second kappa shape index (κ2) is 12.2. The number of halogens is 2. The molecule has 0 atom stereocenters. The second-order valence-electron chi connectivity index (χ2n) is 13.1. The Kier molecular flexibility index (Phi) is 8.45. The Bertz CT molecular complexity index is 1420. The van der Waals surface area contributed by atoms with Gasteiger partial charge in [-0.15, -0.1) is 0 Å². The molecule has 3 aromatic rings. The SMILES string of the molecule is CC(C)Oc1ccc(-c2ccnc(N(CC34CCC(c5noc(C(C)(F)F)n5)(CC3)CC4)C(=O)CN3CCOCC3)c2)cc1. The Morgan fingerprint density at radius 1 is 1.05 bits per heavy atom. The number of carbonyl (C=O) groups is 1. The monoisotopic (exact) mass is 609 g/mol. The molecule has 0 radical (unpaired) electrons. The maximum Gasteiger partial charge on any atom is 0.322 e. The highest BCUT2D eigenvalue weighted by Crippen LogP contribution is 2.57. The number of fused-ring (bicyclic) bond motifs is 3. The van der Waals surface area contributed by atoms with Gasteiger partial charge in [0, 0.05) is 38.2 Å². The van der Waals surface area contributed by atoms with Crippen LogP contribution < -0.4 is 9.64 Å². The molecule has 4 fully saturated rings. The van der Waals surface area contributed by atoms with Crippen molar-refractivity contribution >= 4 is 11.7 Å². The number of ether oxygens (including phenoxy) is 2. The number of nitrogens with zero attached hydrogens (tertiary/aromatic N) is 5. The van der Waals surface area contributed by atoms with Gasteiger partial charge in [0.15, 0.2) is 5.82 Å². The van der Waals surface area contributed by atoms with Crippen LogP contribution in [-0.2, 0) is 20.9 Å². The number of morpholine rings is 1. The first kappa shape index (κ1) is 30.6. The van der Waals surface area contributed by atoms with Gasteiger partial charge in [-0.1, -0.05) is 17.3 Å². The van der Waals surface area contributed by atoms with Crippen LogP contribution in [0.25, 0.3) is 11.1 Å². The van der Waals surface area contributed by atoms with Crippen LogP contribution in [-0.4, -0.2) is 71.4 Å². The molecular weight excluding hydrogens is 568 g/mol. The van der Waals surface area contributed by atoms with Crippen molar-refractivity contribution in [2.45, 2.75) is 76.7 Å². The van der Waals surface area contributed by atoms with E-state index in [4.69, 9.17) is 19.0 Å². The van der Waals surface area contributed by atoms with Crippen LogP contribution in [0.4, 0.5) is 14.6 Å². The van der Waals surface area contributed by atoms with Crippen LogP contribution >= 0.6 is 0 Å². The van der Waals surface area contributed by atoms with Crippen molar-refractivity contribution in [3.05, 3.63) is 54.3 Å². The predicted octanol–water partition coefficient (Wildman–Crippen LogP) is 5.99. The van der Waals surface area contributed by atoms with Crippen LogP contribution in [0, 0.1) is 5.41 Å². The number of rotatable bonds is 10. The lowest BCUT2D eigenvalue weighted by Crippen LogP contribution is -2.53. The van der Waals surface area contributed by atoms with E-state index >= 15 is 0 Å². The zero-order valence-electron chi connectivity index (χ0n) is 25.7. The third-order valence-electron chi connectivity index (χ3n) is 9.52. The number of carbonyl (C=O) groups excluding carboxylic acids is 1. The number of pyridine rings is 1. The average Bonchev–Trinajstić information content (AvgIpc) is 3.54. The van der Waals surface area contributed by atoms with Gasteiger partial charge in [-0.25, -0.2) is 4.98 Å². The van der Waals surface area contributed by atoms with Gasteiger partial charge in [0.2, 0.25) is 5.91 Å². The molecule has 1 aliphatic heterocycles. The van der Waals surface area contributed by atoms with Crippen LogP contribution in [0.15, 0.2) is 47.1 Å². The Morgan fingerprint density at radius 3 is 2.34 bits per heavy atom. The zero-order valence-corrected chi connectivity index (χ0v) is 25.7. The topological polar surface area (TPSA) is 93.8 Å². The summed E-state index contributed by atoms with van der Waals surface area (Å²) in [6, 6.07) is 11.9. The van der Waals surface area contributed by atoms with Gasteiger partial charge in [-0.3, -0.25) is 14.6 Å². The first-order chi connectivity index (χ1) is 21.0. The molecule has 3 saturated carbocycles. The minimum Gasteiger partial charge on any atom is -0.491 e. The van der Waals surface area contributed by atoms with E-state index in [1.54, 1.807) is 6.20 Å². The van der Waals surface area contributed by atoms with Crippen molar-refractivity contribution in [2.75, 3.05) is 44.3 Å². The van der Waals surface area contributed by atoms with E-state index in [1.807, 2.05) is 55.1 Å². The molecule has 7 rings (SSSR count). The number of alkyl halides is 2. The summed E-state index contributed by atoms with van der Waals surface area (Å²) in [7, 11) is 0. The fourth-order valence-corrected chi connectivity index (χ4v) is 6.87. The molecule has 0 N–H and O–H groups in total. The fourth-order valence-electron chi connectivity index (χ4n) is 6.87. The average molecular weight is 610 g/mol. The molecule has 2 aromatic heterocycles. The Labute approximate surface area is 256 Å². The molecule has 44 heavy (non-hydrogen) atoms. The smallest absolute Gasteiger partial charge is 0.322 e. The van der Waals surface area contributed by atoms with Crippen molar-refractivity contribution in [1.29, 1.82) is 0 Å². The van der Waals surface area contributed by atoms with Gasteiger partial charge in [0.25, 0.3) is 5.89 Å². The lowest BCUT2D eigenvalue weighted by atomic mass is 9.53. The highest BCUT2D eigenvalue weighted by molar-refractivity contribution is 5.94. The van der Waals surface area contributed by atoms with E-state index in [9.17, 15) is 13.6 Å². The summed E-state index contributed by atoms with van der Waals surface area (Å²) in [5.41, 5.74) is 1.53. The summed E-state index contributed by atoms with van der Waals surface area (Å²) in [6.45, 7) is 8.29. The van der Waals surface area contributed by atoms with E-state index < -0.39 is 11.8 Å². The van der Waals surface area contributed by atoms with Crippen molar-refractivity contribution in [2.24, 2.45) is 5.41 Å². The maximum absolute atomic E-state index is 14.0. The lowest BCUT2D eigenvalue weighted by molar-refractivity contribution is -0.121. The molecule has 236 valence electrons. The summed E-state index contributed by atoms with van der Waals surface area (Å²) >= 11 is 0. The molecule has 1 aromatic carbocycles. The predicted molar refractivity (Wildman–Crippen MR) is 161 cm³/mol. The number of amides is 1. The summed E-state index contributed by atoms with van der Waals surface area (Å²) in [4.78, 5) is 26.9. The minimum atomic E-state index is -3.16. The Hall–Kier alpha value is -3.44. The number of anilines is 1. The van der Waals surface area contributed by atoms with Gasteiger partial charge in [-0.05, 0) is 93.2 Å². The summed E-state index contributed by atoms with van der Waals surface area (Å²) < 4.78 is 43.9. The van der Waals surface area contributed by atoms with Crippen molar-refractivity contribution in [3.8, 4) is 16.9 Å². The first-order valence-corrected chi connectivity index (χ1v) is 15.6. The summed E-state index contributed by atoms with van der Waals surface area (Å²) in [5.74, 6) is -1.94. The molecule has 2 bridgehead atoms. The zero-order chi connectivity index (χ0) is 31.0. The van der Waals surface area contributed by atoms with Gasteiger partial charge >= 0.3 is 5.92 Å². The standard InChI is InChI=1S/C33H41F2N5O4/c1-23(2)43-26-6-4-24(5-7-26)25-8-15-36-27(20-25)40(28(41)21-39-16-18-42-19-17-39)22-32-9-12-33(13-10-32,14-11-32)29-37-30(44-38-29)31(3,34)35/h4-8,15,20,23H,9-14,16-19,21-22H2,1-3H3. The van der Waals surface area contributed by atoms with Crippen LogP contribution in [0.1, 0.15) is 71.0 Å². The molecule has 1 saturated heterocycles. The molecule has 9 nitrogen and oxygen atoms in total. The maximum atomic E-state index is 14.0. The fraction of sp³-hybridized carbons (Fsp3) is 0.576. The molecule has 4 aliphatic rings. The van der Waals surface area contributed by atoms with Gasteiger partial charge in [0.1, 0.15) is 11.6 Å². The van der Waals surface area contributed by atoms with Crippen molar-refractivity contribution in [1.82, 2.24) is 20.0 Å². The largest absolute Gasteiger partial charge is 0.491 e. The molecule has 3 aliphatic carbocycles. The van der Waals surface area contributed by atoms with Crippen LogP contribution in [0.2, 0.25) is 0 Å². The quantitative estimate of drug-likeness (QED) is 0.277. The van der Waals surface area contributed by atoms with Crippen molar-refractivity contribution in [3.63, 3.8) is 0 Å². The van der Waals surface area contributed by atoms with Gasteiger partial charge in [-0.2, -0.15) is 13.8 Å². The molecule has 3 heterocycles. The highest BCUT2D eigenvalue weighted by Gasteiger charge is 2.53. The first-order valence-electron chi connectivity index (χ1n) is 15.6. The second-order valence-corrected chi connectivity index (χ2v) is 13.1. The van der Waals surface area contributed by atoms with Gasteiger partial charge < -0.3 is 14.0 Å². The number of benzene rings is 1. The van der Waals surface area contributed by atoms with E-state index in [0.29, 0.717) is 37.9 Å². The van der Waals surface area contributed by atoms with E-state index in [0.717, 1.165) is 75.4 Å². The summed E-state index contributed by atoms with van der Waals surface area (Å²) in [5, 5.41) is 3.99. The molecule has 0 unspecified atom stereocenters. The third kappa shape index (κ3) is 6.49. The van der Waals surface area contributed by atoms with Crippen LogP contribution in [0.5, 0.6) is 5.75 Å². The lowest BCUT2D eigenvalue weighted by Gasteiger charge is -2.53. The molecule has 11 heteroatoms. The van der Waals surface area contributed by atoms with E-state index in [-0.39, 0.29) is 22.8 Å². The number of hydrogen-bond acceptors (Lipinski definition) is 8. The molecule has 0 spiro atoms.